The Kier molecular flexibility index (Phi) is 6.99. The molecule has 164 valence electrons. The molecule has 1 saturated heterocycles. The first kappa shape index (κ1) is 21.9. The van der Waals surface area contributed by atoms with Crippen molar-refractivity contribution in [1.82, 2.24) is 4.90 Å². The van der Waals surface area contributed by atoms with E-state index in [1.165, 1.54) is 34.9 Å². The maximum absolute atomic E-state index is 11.6. The molecule has 2 aromatic carbocycles. The van der Waals surface area contributed by atoms with Gasteiger partial charge >= 0.3 is 5.97 Å². The van der Waals surface area contributed by atoms with Crippen molar-refractivity contribution in [2.45, 2.75) is 32.6 Å². The van der Waals surface area contributed by atoms with Gasteiger partial charge < -0.3 is 9.47 Å². The summed E-state index contributed by atoms with van der Waals surface area (Å²) in [5.74, 6) is 0.910. The molecule has 0 saturated carbocycles. The molecule has 0 unspecified atom stereocenters. The van der Waals surface area contributed by atoms with Gasteiger partial charge in [0, 0.05) is 24.7 Å². The van der Waals surface area contributed by atoms with Gasteiger partial charge in [0.15, 0.2) is 0 Å². The molecule has 4 rings (SSSR count). The van der Waals surface area contributed by atoms with Crippen molar-refractivity contribution in [3.05, 3.63) is 69.8 Å². The summed E-state index contributed by atoms with van der Waals surface area (Å²) in [6.07, 6.45) is 4.07. The van der Waals surface area contributed by atoms with E-state index in [1.807, 2.05) is 12.1 Å². The second kappa shape index (κ2) is 9.88. The third-order valence-corrected chi connectivity index (χ3v) is 6.66. The molecule has 4 nitrogen and oxygen atoms in total. The molecular weight excluding hydrogens is 410 g/mol. The van der Waals surface area contributed by atoms with Crippen molar-refractivity contribution >= 4 is 23.1 Å². The molecule has 1 aliphatic heterocycles. The number of methoxy groups -OCH3 is 1. The van der Waals surface area contributed by atoms with Crippen molar-refractivity contribution in [3.63, 3.8) is 0 Å². The molecule has 1 fully saturated rings. The molecule has 2 aromatic rings. The first-order valence-electron chi connectivity index (χ1n) is 11.0. The van der Waals surface area contributed by atoms with E-state index in [9.17, 15) is 4.79 Å². The number of allylic oxidation sites excluding steroid dienone is 1. The van der Waals surface area contributed by atoms with E-state index < -0.39 is 0 Å². The highest BCUT2D eigenvalue weighted by molar-refractivity contribution is 6.30. The molecular formula is C26H30ClNO3. The fraction of sp³-hybridized carbons (Fsp3) is 0.423. The minimum absolute atomic E-state index is 0.0428. The number of fused-ring (bicyclic) bond motifs is 1. The number of aryl methyl sites for hydroxylation is 2. The SMILES string of the molecule is COC(=O)C1CN(CC2=C(C)c3ccc(OCCCc4ccc(Cl)cc4)cc3CC2)C1. The highest BCUT2D eigenvalue weighted by atomic mass is 35.5. The summed E-state index contributed by atoms with van der Waals surface area (Å²) in [5, 5.41) is 0.775. The van der Waals surface area contributed by atoms with E-state index >= 15 is 0 Å². The number of rotatable bonds is 8. The van der Waals surface area contributed by atoms with Crippen LogP contribution in [0.25, 0.3) is 5.57 Å². The van der Waals surface area contributed by atoms with Gasteiger partial charge in [-0.1, -0.05) is 35.4 Å². The van der Waals surface area contributed by atoms with Crippen LogP contribution >= 0.6 is 11.6 Å². The van der Waals surface area contributed by atoms with Crippen molar-refractivity contribution in [2.75, 3.05) is 33.4 Å². The number of esters is 1. The quantitative estimate of drug-likeness (QED) is 0.420. The van der Waals surface area contributed by atoms with Crippen molar-refractivity contribution in [3.8, 4) is 5.75 Å². The maximum Gasteiger partial charge on any atom is 0.311 e. The molecule has 0 amide bonds. The Hall–Kier alpha value is -2.30. The largest absolute Gasteiger partial charge is 0.494 e. The lowest BCUT2D eigenvalue weighted by Crippen LogP contribution is -2.51. The second-order valence-electron chi connectivity index (χ2n) is 8.54. The Morgan fingerprint density at radius 3 is 2.65 bits per heavy atom. The van der Waals surface area contributed by atoms with Crippen molar-refractivity contribution in [1.29, 1.82) is 0 Å². The van der Waals surface area contributed by atoms with Gasteiger partial charge in [-0.05, 0) is 79.1 Å². The highest BCUT2D eigenvalue weighted by Gasteiger charge is 2.34. The normalized spacial score (nSPS) is 16.6. The standard InChI is InChI=1S/C26H30ClNO3/c1-18-21(15-28-16-22(17-28)26(29)30-2)8-7-20-14-24(11-12-25(18)20)31-13-3-4-19-5-9-23(27)10-6-19/h5-6,9-12,14,22H,3-4,7-8,13,15-17H2,1-2H3. The number of hydrogen-bond acceptors (Lipinski definition) is 4. The number of carbonyl (C=O) groups excluding carboxylic acids is 1. The lowest BCUT2D eigenvalue weighted by Gasteiger charge is -2.39. The highest BCUT2D eigenvalue weighted by Crippen LogP contribution is 2.34. The minimum Gasteiger partial charge on any atom is -0.494 e. The van der Waals surface area contributed by atoms with Gasteiger partial charge in [-0.15, -0.1) is 0 Å². The van der Waals surface area contributed by atoms with Crippen molar-refractivity contribution < 1.29 is 14.3 Å². The summed E-state index contributed by atoms with van der Waals surface area (Å²) < 4.78 is 10.9. The average molecular weight is 440 g/mol. The summed E-state index contributed by atoms with van der Waals surface area (Å²) in [5.41, 5.74) is 6.84. The molecule has 0 aromatic heterocycles. The van der Waals surface area contributed by atoms with Crippen LogP contribution in [-0.4, -0.2) is 44.2 Å². The van der Waals surface area contributed by atoms with Crippen LogP contribution < -0.4 is 4.74 Å². The number of ether oxygens (including phenoxy) is 2. The predicted octanol–water partition coefficient (Wildman–Crippen LogP) is 5.18. The van der Waals surface area contributed by atoms with E-state index in [4.69, 9.17) is 21.1 Å². The van der Waals surface area contributed by atoms with Gasteiger partial charge in [0.2, 0.25) is 0 Å². The summed E-state index contributed by atoms with van der Waals surface area (Å²) in [7, 11) is 1.47. The number of likely N-dealkylation sites (tertiary alicyclic amines) is 1. The molecule has 2 aliphatic rings. The molecule has 0 radical (unpaired) electrons. The smallest absolute Gasteiger partial charge is 0.311 e. The van der Waals surface area contributed by atoms with Gasteiger partial charge in [-0.25, -0.2) is 0 Å². The Morgan fingerprint density at radius 1 is 1.13 bits per heavy atom. The lowest BCUT2D eigenvalue weighted by atomic mass is 9.85. The first-order valence-corrected chi connectivity index (χ1v) is 11.4. The number of benzene rings is 2. The minimum atomic E-state index is -0.0864. The third kappa shape index (κ3) is 5.31. The van der Waals surface area contributed by atoms with Gasteiger partial charge in [0.05, 0.1) is 19.6 Å². The van der Waals surface area contributed by atoms with Crippen LogP contribution in [0.4, 0.5) is 0 Å². The molecule has 1 heterocycles. The molecule has 0 N–H and O–H groups in total. The van der Waals surface area contributed by atoms with E-state index in [0.717, 1.165) is 56.1 Å². The number of halogens is 1. The molecule has 31 heavy (non-hydrogen) atoms. The molecule has 0 atom stereocenters. The number of nitrogens with zero attached hydrogens (tertiary/aromatic N) is 1. The molecule has 0 spiro atoms. The molecule has 5 heteroatoms. The van der Waals surface area contributed by atoms with E-state index in [2.05, 4.69) is 42.2 Å². The summed E-state index contributed by atoms with van der Waals surface area (Å²) in [6.45, 7) is 5.48. The van der Waals surface area contributed by atoms with E-state index in [0.29, 0.717) is 6.61 Å². The van der Waals surface area contributed by atoms with Crippen LogP contribution in [0.15, 0.2) is 48.0 Å². The Balaban J connectivity index is 1.29. The van der Waals surface area contributed by atoms with Crippen LogP contribution in [0.2, 0.25) is 5.02 Å². The Morgan fingerprint density at radius 2 is 1.90 bits per heavy atom. The van der Waals surface area contributed by atoms with Crippen LogP contribution in [-0.2, 0) is 22.4 Å². The fourth-order valence-electron chi connectivity index (χ4n) is 4.50. The van der Waals surface area contributed by atoms with E-state index in [-0.39, 0.29) is 11.9 Å². The van der Waals surface area contributed by atoms with Gasteiger partial charge in [0.1, 0.15) is 5.75 Å². The summed E-state index contributed by atoms with van der Waals surface area (Å²) in [6, 6.07) is 14.5. The monoisotopic (exact) mass is 439 g/mol. The van der Waals surface area contributed by atoms with Gasteiger partial charge in [0.25, 0.3) is 0 Å². The Labute approximate surface area is 189 Å². The maximum atomic E-state index is 11.6. The zero-order valence-corrected chi connectivity index (χ0v) is 19.1. The van der Waals surface area contributed by atoms with Crippen LogP contribution in [0.1, 0.15) is 36.5 Å². The second-order valence-corrected chi connectivity index (χ2v) is 8.98. The predicted molar refractivity (Wildman–Crippen MR) is 125 cm³/mol. The lowest BCUT2D eigenvalue weighted by molar-refractivity contribution is -0.151. The zero-order chi connectivity index (χ0) is 21.8. The van der Waals surface area contributed by atoms with Gasteiger partial charge in [-0.3, -0.25) is 9.69 Å². The summed E-state index contributed by atoms with van der Waals surface area (Å²) in [4.78, 5) is 13.9. The molecule has 1 aliphatic carbocycles. The van der Waals surface area contributed by atoms with Crippen LogP contribution in [0.3, 0.4) is 0 Å². The number of hydrogen-bond donors (Lipinski definition) is 0. The third-order valence-electron chi connectivity index (χ3n) is 6.41. The van der Waals surface area contributed by atoms with Crippen LogP contribution in [0.5, 0.6) is 5.75 Å². The Bertz CT molecular complexity index is 961. The first-order chi connectivity index (χ1) is 15.0. The fourth-order valence-corrected chi connectivity index (χ4v) is 4.62. The topological polar surface area (TPSA) is 38.8 Å². The number of carbonyl (C=O) groups is 1. The van der Waals surface area contributed by atoms with E-state index in [1.54, 1.807) is 0 Å². The zero-order valence-electron chi connectivity index (χ0n) is 18.3. The van der Waals surface area contributed by atoms with Gasteiger partial charge in [-0.2, -0.15) is 0 Å². The van der Waals surface area contributed by atoms with Crippen molar-refractivity contribution in [2.24, 2.45) is 5.92 Å². The van der Waals surface area contributed by atoms with Crippen LogP contribution in [0, 0.1) is 5.92 Å². The summed E-state index contributed by atoms with van der Waals surface area (Å²) >= 11 is 5.94. The molecule has 0 bridgehead atoms. The average Bonchev–Trinajstić information content (AvgIpc) is 2.75.